The van der Waals surface area contributed by atoms with Crippen LogP contribution in [-0.4, -0.2) is 4.98 Å². The molecule has 0 fully saturated rings. The molecule has 0 bridgehead atoms. The smallest absolute Gasteiger partial charge is 0.117 e. The minimum atomic E-state index is 0.758. The standard InChI is InChI=1S/C14H18N2O/c1-3-13-4-5-14(17-13)10-16-9-12-8-15-7-6-11(12)2/h4-8,16H,3,9-10H2,1-2H3. The fourth-order valence-corrected chi connectivity index (χ4v) is 1.71. The van der Waals surface area contributed by atoms with Crippen molar-refractivity contribution in [3.63, 3.8) is 0 Å². The summed E-state index contributed by atoms with van der Waals surface area (Å²) >= 11 is 0. The molecule has 3 nitrogen and oxygen atoms in total. The van der Waals surface area contributed by atoms with Crippen LogP contribution in [0, 0.1) is 6.92 Å². The molecule has 0 aromatic carbocycles. The average Bonchev–Trinajstić information content (AvgIpc) is 2.80. The maximum Gasteiger partial charge on any atom is 0.117 e. The molecule has 0 amide bonds. The summed E-state index contributed by atoms with van der Waals surface area (Å²) in [5, 5.41) is 3.36. The topological polar surface area (TPSA) is 38.1 Å². The molecule has 0 aliphatic carbocycles. The molecular formula is C14H18N2O. The van der Waals surface area contributed by atoms with Crippen LogP contribution in [0.4, 0.5) is 0 Å². The average molecular weight is 230 g/mol. The first-order valence-corrected chi connectivity index (χ1v) is 5.97. The zero-order chi connectivity index (χ0) is 12.1. The lowest BCUT2D eigenvalue weighted by molar-refractivity contribution is 0.450. The second kappa shape index (κ2) is 5.64. The summed E-state index contributed by atoms with van der Waals surface area (Å²) in [5.41, 5.74) is 2.50. The van der Waals surface area contributed by atoms with Gasteiger partial charge in [-0.1, -0.05) is 6.92 Å². The van der Waals surface area contributed by atoms with E-state index in [1.807, 2.05) is 30.6 Å². The van der Waals surface area contributed by atoms with Crippen LogP contribution >= 0.6 is 0 Å². The maximum absolute atomic E-state index is 5.62. The van der Waals surface area contributed by atoms with Crippen LogP contribution in [0.1, 0.15) is 29.6 Å². The summed E-state index contributed by atoms with van der Waals surface area (Å²) in [6.07, 6.45) is 4.67. The molecule has 0 saturated carbocycles. The van der Waals surface area contributed by atoms with Gasteiger partial charge in [-0.25, -0.2) is 0 Å². The molecule has 2 aromatic rings. The van der Waals surface area contributed by atoms with Crippen molar-refractivity contribution in [1.82, 2.24) is 10.3 Å². The van der Waals surface area contributed by atoms with Gasteiger partial charge in [-0.3, -0.25) is 4.98 Å². The molecule has 0 aliphatic rings. The Morgan fingerprint density at radius 2 is 2.00 bits per heavy atom. The van der Waals surface area contributed by atoms with Gasteiger partial charge >= 0.3 is 0 Å². The van der Waals surface area contributed by atoms with E-state index in [1.54, 1.807) is 0 Å². The molecule has 17 heavy (non-hydrogen) atoms. The van der Waals surface area contributed by atoms with Gasteiger partial charge in [0.15, 0.2) is 0 Å². The van der Waals surface area contributed by atoms with Gasteiger partial charge in [-0.2, -0.15) is 0 Å². The van der Waals surface area contributed by atoms with E-state index in [9.17, 15) is 0 Å². The molecule has 0 spiro atoms. The van der Waals surface area contributed by atoms with Crippen LogP contribution in [0.3, 0.4) is 0 Å². The second-order valence-corrected chi connectivity index (χ2v) is 4.13. The van der Waals surface area contributed by atoms with Crippen LogP contribution in [0.5, 0.6) is 0 Å². The Balaban J connectivity index is 1.85. The van der Waals surface area contributed by atoms with Crippen molar-refractivity contribution in [2.45, 2.75) is 33.4 Å². The molecule has 3 heteroatoms. The van der Waals surface area contributed by atoms with Crippen molar-refractivity contribution in [2.24, 2.45) is 0 Å². The highest BCUT2D eigenvalue weighted by molar-refractivity contribution is 5.21. The van der Waals surface area contributed by atoms with Crippen LogP contribution < -0.4 is 5.32 Å². The third-order valence-electron chi connectivity index (χ3n) is 2.83. The SMILES string of the molecule is CCc1ccc(CNCc2cnccc2C)o1. The molecule has 0 radical (unpaired) electrons. The molecule has 0 saturated heterocycles. The Morgan fingerprint density at radius 3 is 2.71 bits per heavy atom. The monoisotopic (exact) mass is 230 g/mol. The molecule has 1 N–H and O–H groups in total. The zero-order valence-corrected chi connectivity index (χ0v) is 10.4. The van der Waals surface area contributed by atoms with Gasteiger partial charge in [0, 0.05) is 25.4 Å². The van der Waals surface area contributed by atoms with E-state index in [-0.39, 0.29) is 0 Å². The molecule has 2 aromatic heterocycles. The third kappa shape index (κ3) is 3.17. The van der Waals surface area contributed by atoms with Gasteiger partial charge in [0.25, 0.3) is 0 Å². The Bertz CT molecular complexity index is 477. The van der Waals surface area contributed by atoms with Gasteiger partial charge < -0.3 is 9.73 Å². The number of aryl methyl sites for hydroxylation is 2. The van der Waals surface area contributed by atoms with E-state index in [2.05, 4.69) is 24.1 Å². The molecule has 0 atom stereocenters. The predicted molar refractivity (Wildman–Crippen MR) is 67.6 cm³/mol. The minimum Gasteiger partial charge on any atom is -0.465 e. The second-order valence-electron chi connectivity index (χ2n) is 4.13. The molecule has 90 valence electrons. The van der Waals surface area contributed by atoms with E-state index in [0.29, 0.717) is 0 Å². The molecule has 0 aliphatic heterocycles. The van der Waals surface area contributed by atoms with Crippen LogP contribution in [0.15, 0.2) is 35.0 Å². The van der Waals surface area contributed by atoms with Crippen molar-refractivity contribution in [3.05, 3.63) is 53.2 Å². The van der Waals surface area contributed by atoms with Gasteiger partial charge in [-0.15, -0.1) is 0 Å². The van der Waals surface area contributed by atoms with E-state index >= 15 is 0 Å². The number of pyridine rings is 1. The Hall–Kier alpha value is -1.61. The lowest BCUT2D eigenvalue weighted by Gasteiger charge is -2.05. The summed E-state index contributed by atoms with van der Waals surface area (Å²) in [6, 6.07) is 6.09. The van der Waals surface area contributed by atoms with E-state index in [4.69, 9.17) is 4.42 Å². The molecular weight excluding hydrogens is 212 g/mol. The minimum absolute atomic E-state index is 0.758. The Kier molecular flexibility index (Phi) is 3.94. The maximum atomic E-state index is 5.62. The van der Waals surface area contributed by atoms with Crippen LogP contribution in [0.25, 0.3) is 0 Å². The summed E-state index contributed by atoms with van der Waals surface area (Å²) < 4.78 is 5.62. The van der Waals surface area contributed by atoms with E-state index in [0.717, 1.165) is 31.0 Å². The fourth-order valence-electron chi connectivity index (χ4n) is 1.71. The largest absolute Gasteiger partial charge is 0.465 e. The molecule has 2 rings (SSSR count). The van der Waals surface area contributed by atoms with Gasteiger partial charge in [0.2, 0.25) is 0 Å². The van der Waals surface area contributed by atoms with Crippen molar-refractivity contribution >= 4 is 0 Å². The first kappa shape index (κ1) is 11.9. The van der Waals surface area contributed by atoms with E-state index in [1.165, 1.54) is 11.1 Å². The van der Waals surface area contributed by atoms with Crippen LogP contribution in [-0.2, 0) is 19.5 Å². The third-order valence-corrected chi connectivity index (χ3v) is 2.83. The predicted octanol–water partition coefficient (Wildman–Crippen LogP) is 2.84. The Morgan fingerprint density at radius 1 is 1.18 bits per heavy atom. The van der Waals surface area contributed by atoms with Crippen molar-refractivity contribution in [2.75, 3.05) is 0 Å². The molecule has 0 unspecified atom stereocenters. The Labute approximate surface area is 102 Å². The number of nitrogens with one attached hydrogen (secondary N) is 1. The first-order chi connectivity index (χ1) is 8.29. The van der Waals surface area contributed by atoms with Crippen molar-refractivity contribution < 1.29 is 4.42 Å². The number of furan rings is 1. The van der Waals surface area contributed by atoms with Gasteiger partial charge in [0.05, 0.1) is 6.54 Å². The number of nitrogens with zero attached hydrogens (tertiary/aromatic N) is 1. The summed E-state index contributed by atoms with van der Waals surface area (Å²) in [4.78, 5) is 4.13. The highest BCUT2D eigenvalue weighted by Gasteiger charge is 2.01. The lowest BCUT2D eigenvalue weighted by atomic mass is 10.1. The van der Waals surface area contributed by atoms with Crippen molar-refractivity contribution in [1.29, 1.82) is 0 Å². The quantitative estimate of drug-likeness (QED) is 0.858. The zero-order valence-electron chi connectivity index (χ0n) is 10.4. The fraction of sp³-hybridized carbons (Fsp3) is 0.357. The first-order valence-electron chi connectivity index (χ1n) is 5.97. The van der Waals surface area contributed by atoms with Crippen molar-refractivity contribution in [3.8, 4) is 0 Å². The van der Waals surface area contributed by atoms with Gasteiger partial charge in [0.1, 0.15) is 11.5 Å². The van der Waals surface area contributed by atoms with E-state index < -0.39 is 0 Å². The van der Waals surface area contributed by atoms with Gasteiger partial charge in [-0.05, 0) is 36.2 Å². The molecule has 2 heterocycles. The lowest BCUT2D eigenvalue weighted by Crippen LogP contribution is -2.13. The number of hydrogen-bond donors (Lipinski definition) is 1. The number of aromatic nitrogens is 1. The van der Waals surface area contributed by atoms with Crippen LogP contribution in [0.2, 0.25) is 0 Å². The highest BCUT2D eigenvalue weighted by Crippen LogP contribution is 2.09. The summed E-state index contributed by atoms with van der Waals surface area (Å²) in [6.45, 7) is 5.77. The summed E-state index contributed by atoms with van der Waals surface area (Å²) in [7, 11) is 0. The number of rotatable bonds is 5. The number of hydrogen-bond acceptors (Lipinski definition) is 3. The normalized spacial score (nSPS) is 10.7. The summed E-state index contributed by atoms with van der Waals surface area (Å²) in [5.74, 6) is 2.03. The highest BCUT2D eigenvalue weighted by atomic mass is 16.3.